The summed E-state index contributed by atoms with van der Waals surface area (Å²) < 4.78 is 7.14. The number of pyridine rings is 1. The Morgan fingerprint density at radius 1 is 1.03 bits per heavy atom. The van der Waals surface area contributed by atoms with Crippen LogP contribution in [0.1, 0.15) is 40.5 Å². The highest BCUT2D eigenvalue weighted by molar-refractivity contribution is 7.98. The number of unbranched alkanes of at least 4 members (excludes halogenated alkanes) is 1. The molecular formula is C24H29N3OS2. The number of thiazole rings is 1. The van der Waals surface area contributed by atoms with Gasteiger partial charge in [-0.05, 0) is 50.4 Å². The van der Waals surface area contributed by atoms with Crippen molar-refractivity contribution < 1.29 is 4.74 Å². The van der Waals surface area contributed by atoms with E-state index in [-0.39, 0.29) is 6.10 Å². The number of nitrogens with one attached hydrogen (secondary N) is 1. The van der Waals surface area contributed by atoms with Gasteiger partial charge in [0.2, 0.25) is 0 Å². The van der Waals surface area contributed by atoms with Crippen LogP contribution in [0.25, 0.3) is 21.1 Å². The Balaban J connectivity index is 0.000000589. The highest BCUT2D eigenvalue weighted by Gasteiger charge is 2.11. The molecule has 0 radical (unpaired) electrons. The molecule has 0 fully saturated rings. The van der Waals surface area contributed by atoms with Crippen LogP contribution in [0.5, 0.6) is 5.75 Å². The standard InChI is InChI=1S/C20H19N3OS2.C4H10/c1-12(2)24-18-10-16-14(9-20(18)25-3)15(6-7-21-16)23-13-4-5-19-17(8-13)22-11-26-19;1-3-4-2/h4-12H,1-3H3,(H,21,23);3-4H2,1-2H3. The Bertz CT molecular complexity index is 1110. The molecule has 4 nitrogen and oxygen atoms in total. The number of aromatic nitrogens is 2. The monoisotopic (exact) mass is 439 g/mol. The Hall–Kier alpha value is -2.31. The molecule has 0 aliphatic heterocycles. The Labute approximate surface area is 187 Å². The largest absolute Gasteiger partial charge is 0.490 e. The molecule has 0 amide bonds. The van der Waals surface area contributed by atoms with Crippen molar-refractivity contribution in [3.8, 4) is 5.75 Å². The van der Waals surface area contributed by atoms with Crippen molar-refractivity contribution in [1.29, 1.82) is 0 Å². The van der Waals surface area contributed by atoms with Crippen molar-refractivity contribution in [2.24, 2.45) is 0 Å². The molecule has 0 saturated heterocycles. The van der Waals surface area contributed by atoms with E-state index in [4.69, 9.17) is 4.74 Å². The van der Waals surface area contributed by atoms with Gasteiger partial charge in [0.15, 0.2) is 0 Å². The number of benzene rings is 2. The molecule has 0 atom stereocenters. The minimum atomic E-state index is 0.129. The van der Waals surface area contributed by atoms with Crippen LogP contribution in [0.4, 0.5) is 11.4 Å². The van der Waals surface area contributed by atoms with E-state index in [0.717, 1.165) is 38.4 Å². The van der Waals surface area contributed by atoms with Gasteiger partial charge in [0, 0.05) is 33.9 Å². The third-order valence-corrected chi connectivity index (χ3v) is 6.07. The first-order valence-corrected chi connectivity index (χ1v) is 12.4. The van der Waals surface area contributed by atoms with Gasteiger partial charge in [-0.2, -0.15) is 0 Å². The molecular weight excluding hydrogens is 410 g/mol. The normalized spacial score (nSPS) is 10.9. The van der Waals surface area contributed by atoms with Gasteiger partial charge in [-0.15, -0.1) is 23.1 Å². The topological polar surface area (TPSA) is 47.0 Å². The predicted octanol–water partition coefficient (Wildman–Crippen LogP) is 7.90. The molecule has 2 heterocycles. The lowest BCUT2D eigenvalue weighted by Crippen LogP contribution is -2.06. The van der Waals surface area contributed by atoms with Crippen molar-refractivity contribution >= 4 is 55.6 Å². The molecule has 6 heteroatoms. The summed E-state index contributed by atoms with van der Waals surface area (Å²) in [6.07, 6.45) is 6.65. The molecule has 0 spiro atoms. The van der Waals surface area contributed by atoms with Crippen LogP contribution in [0.2, 0.25) is 0 Å². The molecule has 0 bridgehead atoms. The molecule has 0 aliphatic carbocycles. The highest BCUT2D eigenvalue weighted by Crippen LogP contribution is 2.36. The van der Waals surface area contributed by atoms with Crippen LogP contribution in [-0.4, -0.2) is 22.3 Å². The maximum absolute atomic E-state index is 5.95. The van der Waals surface area contributed by atoms with E-state index < -0.39 is 0 Å². The first-order valence-electron chi connectivity index (χ1n) is 10.3. The van der Waals surface area contributed by atoms with Gasteiger partial charge < -0.3 is 10.1 Å². The van der Waals surface area contributed by atoms with Crippen LogP contribution in [0.3, 0.4) is 0 Å². The number of ether oxygens (including phenoxy) is 1. The number of hydrogen-bond acceptors (Lipinski definition) is 6. The van der Waals surface area contributed by atoms with Crippen LogP contribution in [0, 0.1) is 0 Å². The molecule has 4 aromatic rings. The second-order valence-corrected chi connectivity index (χ2v) is 8.94. The molecule has 158 valence electrons. The third kappa shape index (κ3) is 5.43. The number of rotatable bonds is 6. The Kier molecular flexibility index (Phi) is 7.94. The number of fused-ring (bicyclic) bond motifs is 2. The smallest absolute Gasteiger partial charge is 0.135 e. The Morgan fingerprint density at radius 2 is 1.83 bits per heavy atom. The fourth-order valence-corrected chi connectivity index (χ4v) is 4.06. The van der Waals surface area contributed by atoms with Crippen LogP contribution in [0.15, 0.2) is 53.0 Å². The SMILES string of the molecule is CCCC.CSc1cc2c(Nc3ccc4scnc4c3)ccnc2cc1OC(C)C. The molecule has 30 heavy (non-hydrogen) atoms. The Morgan fingerprint density at radius 3 is 2.53 bits per heavy atom. The third-order valence-electron chi connectivity index (χ3n) is 4.50. The van der Waals surface area contributed by atoms with E-state index in [0.29, 0.717) is 0 Å². The maximum atomic E-state index is 5.95. The summed E-state index contributed by atoms with van der Waals surface area (Å²) in [5, 5.41) is 4.59. The van der Waals surface area contributed by atoms with Crippen LogP contribution >= 0.6 is 23.1 Å². The minimum absolute atomic E-state index is 0.129. The molecule has 2 aromatic carbocycles. The van der Waals surface area contributed by atoms with Gasteiger partial charge in [0.25, 0.3) is 0 Å². The summed E-state index contributed by atoms with van der Waals surface area (Å²) in [7, 11) is 0. The van der Waals surface area contributed by atoms with Crippen LogP contribution in [-0.2, 0) is 0 Å². The highest BCUT2D eigenvalue weighted by atomic mass is 32.2. The lowest BCUT2D eigenvalue weighted by molar-refractivity contribution is 0.237. The van der Waals surface area contributed by atoms with Crippen molar-refractivity contribution in [1.82, 2.24) is 9.97 Å². The van der Waals surface area contributed by atoms with Crippen LogP contribution < -0.4 is 10.1 Å². The zero-order valence-corrected chi connectivity index (χ0v) is 19.9. The molecule has 0 aliphatic rings. The minimum Gasteiger partial charge on any atom is -0.490 e. The molecule has 0 saturated carbocycles. The summed E-state index contributed by atoms with van der Waals surface area (Å²) in [5.74, 6) is 0.883. The van der Waals surface area contributed by atoms with Gasteiger partial charge in [0.05, 0.1) is 27.3 Å². The lowest BCUT2D eigenvalue weighted by Gasteiger charge is -2.16. The number of thioether (sulfide) groups is 1. The van der Waals surface area contributed by atoms with Gasteiger partial charge in [-0.3, -0.25) is 4.98 Å². The zero-order valence-electron chi connectivity index (χ0n) is 18.2. The van der Waals surface area contributed by atoms with E-state index in [9.17, 15) is 0 Å². The van der Waals surface area contributed by atoms with Gasteiger partial charge in [-0.1, -0.05) is 26.7 Å². The maximum Gasteiger partial charge on any atom is 0.135 e. The molecule has 0 unspecified atom stereocenters. The van der Waals surface area contributed by atoms with E-state index >= 15 is 0 Å². The van der Waals surface area contributed by atoms with E-state index in [1.807, 2.05) is 37.7 Å². The van der Waals surface area contributed by atoms with Crippen molar-refractivity contribution in [2.75, 3.05) is 11.6 Å². The van der Waals surface area contributed by atoms with E-state index in [1.165, 1.54) is 17.5 Å². The first kappa shape index (κ1) is 22.4. The predicted molar refractivity (Wildman–Crippen MR) is 133 cm³/mol. The van der Waals surface area contributed by atoms with Gasteiger partial charge in [-0.25, -0.2) is 4.98 Å². The van der Waals surface area contributed by atoms with Crippen molar-refractivity contribution in [3.05, 3.63) is 48.1 Å². The molecule has 1 N–H and O–H groups in total. The second-order valence-electron chi connectivity index (χ2n) is 7.21. The summed E-state index contributed by atoms with van der Waals surface area (Å²) in [4.78, 5) is 10.0. The summed E-state index contributed by atoms with van der Waals surface area (Å²) in [6.45, 7) is 8.43. The fraction of sp³-hybridized carbons (Fsp3) is 0.333. The summed E-state index contributed by atoms with van der Waals surface area (Å²) in [6, 6.07) is 12.4. The lowest BCUT2D eigenvalue weighted by atomic mass is 10.1. The summed E-state index contributed by atoms with van der Waals surface area (Å²) in [5.41, 5.74) is 5.84. The van der Waals surface area contributed by atoms with Gasteiger partial charge in [0.1, 0.15) is 5.75 Å². The average molecular weight is 440 g/mol. The quantitative estimate of drug-likeness (QED) is 0.309. The van der Waals surface area contributed by atoms with Gasteiger partial charge >= 0.3 is 0 Å². The second kappa shape index (κ2) is 10.6. The average Bonchev–Trinajstić information content (AvgIpc) is 3.21. The van der Waals surface area contributed by atoms with Crippen molar-refractivity contribution in [2.45, 2.75) is 51.5 Å². The first-order chi connectivity index (χ1) is 14.5. The molecule has 4 rings (SSSR count). The number of hydrogen-bond donors (Lipinski definition) is 1. The fourth-order valence-electron chi connectivity index (χ4n) is 2.86. The molecule has 2 aromatic heterocycles. The number of nitrogens with zero attached hydrogens (tertiary/aromatic N) is 2. The van der Waals surface area contributed by atoms with Crippen molar-refractivity contribution in [3.63, 3.8) is 0 Å². The van der Waals surface area contributed by atoms with E-state index in [2.05, 4.69) is 59.7 Å². The van der Waals surface area contributed by atoms with E-state index in [1.54, 1.807) is 23.1 Å². The summed E-state index contributed by atoms with van der Waals surface area (Å²) >= 11 is 3.33. The zero-order chi connectivity index (χ0) is 21.5. The number of anilines is 2.